The molecule has 0 unspecified atom stereocenters. The quantitative estimate of drug-likeness (QED) is 0.877. The summed E-state index contributed by atoms with van der Waals surface area (Å²) in [4.78, 5) is 20.0. The van der Waals surface area contributed by atoms with E-state index in [-0.39, 0.29) is 5.91 Å². The molecule has 2 aliphatic rings. The minimum atomic E-state index is 0.0535. The summed E-state index contributed by atoms with van der Waals surface area (Å²) < 4.78 is 5.82. The molecule has 22 heavy (non-hydrogen) atoms. The zero-order valence-corrected chi connectivity index (χ0v) is 12.6. The number of carbonyl (C=O) groups is 1. The molecule has 1 aliphatic heterocycles. The van der Waals surface area contributed by atoms with Crippen molar-refractivity contribution in [1.82, 2.24) is 9.97 Å². The first-order valence-electron chi connectivity index (χ1n) is 7.32. The van der Waals surface area contributed by atoms with Crippen molar-refractivity contribution in [2.24, 2.45) is 0 Å². The van der Waals surface area contributed by atoms with Crippen LogP contribution in [0.4, 0.5) is 5.69 Å². The smallest absolute Gasteiger partial charge is 0.224 e. The Morgan fingerprint density at radius 1 is 1.18 bits per heavy atom. The average molecular weight is 316 g/mol. The number of nitrogens with one attached hydrogen (secondary N) is 1. The van der Waals surface area contributed by atoms with E-state index >= 15 is 0 Å². The number of rotatable bonds is 3. The van der Waals surface area contributed by atoms with Crippen LogP contribution in [0.1, 0.15) is 36.6 Å². The van der Waals surface area contributed by atoms with Gasteiger partial charge >= 0.3 is 0 Å². The molecule has 2 aromatic rings. The predicted octanol–water partition coefficient (Wildman–Crippen LogP) is 3.68. The Bertz CT molecular complexity index is 759. The number of aromatic nitrogens is 2. The molecule has 1 N–H and O–H groups in total. The van der Waals surface area contributed by atoms with Gasteiger partial charge < -0.3 is 10.1 Å². The number of halogens is 1. The highest BCUT2D eigenvalue weighted by Crippen LogP contribution is 2.39. The maximum Gasteiger partial charge on any atom is 0.224 e. The van der Waals surface area contributed by atoms with Crippen molar-refractivity contribution in [3.05, 3.63) is 40.8 Å². The van der Waals surface area contributed by atoms with Crippen molar-refractivity contribution in [3.63, 3.8) is 0 Å². The van der Waals surface area contributed by atoms with Gasteiger partial charge in [0.05, 0.1) is 0 Å². The number of nitrogens with zero attached hydrogens (tertiary/aromatic N) is 2. The molecule has 1 aromatic heterocycles. The third kappa shape index (κ3) is 2.76. The maximum absolute atomic E-state index is 11.4. The van der Waals surface area contributed by atoms with Crippen LogP contribution >= 0.6 is 11.6 Å². The minimum Gasteiger partial charge on any atom is -0.439 e. The SMILES string of the molecule is O=C1CCc2cc(Oc3cc(Cl)nc(C4CC4)n3)ccc2N1. The van der Waals surface area contributed by atoms with E-state index in [9.17, 15) is 4.79 Å². The zero-order valence-electron chi connectivity index (χ0n) is 11.8. The van der Waals surface area contributed by atoms with E-state index in [1.807, 2.05) is 18.2 Å². The first-order chi connectivity index (χ1) is 10.7. The number of benzene rings is 1. The molecule has 1 fully saturated rings. The fraction of sp³-hybridized carbons (Fsp3) is 0.312. The van der Waals surface area contributed by atoms with Crippen LogP contribution in [0.15, 0.2) is 24.3 Å². The Morgan fingerprint density at radius 3 is 2.86 bits per heavy atom. The van der Waals surface area contributed by atoms with Crippen LogP contribution in [0.5, 0.6) is 11.6 Å². The Balaban J connectivity index is 1.59. The Morgan fingerprint density at radius 2 is 2.05 bits per heavy atom. The second kappa shape index (κ2) is 5.25. The van der Waals surface area contributed by atoms with Gasteiger partial charge in [-0.05, 0) is 43.0 Å². The highest BCUT2D eigenvalue weighted by molar-refractivity contribution is 6.29. The van der Waals surface area contributed by atoms with Gasteiger partial charge in [-0.15, -0.1) is 0 Å². The van der Waals surface area contributed by atoms with E-state index in [4.69, 9.17) is 16.3 Å². The number of hydrogen-bond acceptors (Lipinski definition) is 4. The van der Waals surface area contributed by atoms with Crippen LogP contribution in [-0.4, -0.2) is 15.9 Å². The van der Waals surface area contributed by atoms with Crippen LogP contribution in [0.3, 0.4) is 0 Å². The second-order valence-corrected chi connectivity index (χ2v) is 6.02. The van der Waals surface area contributed by atoms with E-state index in [2.05, 4.69) is 15.3 Å². The van der Waals surface area contributed by atoms with Gasteiger partial charge in [0, 0.05) is 24.1 Å². The molecular weight excluding hydrogens is 302 g/mol. The van der Waals surface area contributed by atoms with Gasteiger partial charge in [0.15, 0.2) is 0 Å². The molecule has 112 valence electrons. The van der Waals surface area contributed by atoms with Gasteiger partial charge in [0.25, 0.3) is 0 Å². The van der Waals surface area contributed by atoms with Crippen LogP contribution in [0.25, 0.3) is 0 Å². The van der Waals surface area contributed by atoms with Gasteiger partial charge in [-0.25, -0.2) is 4.98 Å². The maximum atomic E-state index is 11.4. The van der Waals surface area contributed by atoms with Crippen LogP contribution in [-0.2, 0) is 11.2 Å². The van der Waals surface area contributed by atoms with E-state index in [1.54, 1.807) is 6.07 Å². The average Bonchev–Trinajstić information content (AvgIpc) is 3.31. The summed E-state index contributed by atoms with van der Waals surface area (Å²) in [5.74, 6) is 2.37. The Hall–Kier alpha value is -2.14. The number of anilines is 1. The summed E-state index contributed by atoms with van der Waals surface area (Å²) in [5.41, 5.74) is 1.92. The monoisotopic (exact) mass is 315 g/mol. The van der Waals surface area contributed by atoms with Crippen LogP contribution in [0.2, 0.25) is 5.15 Å². The summed E-state index contributed by atoms with van der Waals surface area (Å²) in [7, 11) is 0. The molecule has 4 rings (SSSR count). The van der Waals surface area contributed by atoms with Gasteiger partial charge in [-0.3, -0.25) is 4.79 Å². The molecule has 1 aliphatic carbocycles. The topological polar surface area (TPSA) is 64.1 Å². The van der Waals surface area contributed by atoms with Crippen molar-refractivity contribution in [1.29, 1.82) is 0 Å². The fourth-order valence-electron chi connectivity index (χ4n) is 2.53. The molecule has 0 bridgehead atoms. The molecule has 0 spiro atoms. The van der Waals surface area contributed by atoms with E-state index in [0.29, 0.717) is 29.1 Å². The lowest BCUT2D eigenvalue weighted by atomic mass is 10.0. The van der Waals surface area contributed by atoms with Crippen LogP contribution in [0, 0.1) is 0 Å². The predicted molar refractivity (Wildman–Crippen MR) is 82.5 cm³/mol. The normalized spacial score (nSPS) is 16.9. The van der Waals surface area contributed by atoms with Crippen molar-refractivity contribution < 1.29 is 9.53 Å². The van der Waals surface area contributed by atoms with Gasteiger partial charge in [0.2, 0.25) is 11.8 Å². The molecule has 0 radical (unpaired) electrons. The highest BCUT2D eigenvalue weighted by atomic mass is 35.5. The van der Waals surface area contributed by atoms with Gasteiger partial charge in [-0.1, -0.05) is 11.6 Å². The fourth-order valence-corrected chi connectivity index (χ4v) is 2.71. The van der Waals surface area contributed by atoms with E-state index in [0.717, 1.165) is 36.3 Å². The van der Waals surface area contributed by atoms with Gasteiger partial charge in [0.1, 0.15) is 16.7 Å². The number of hydrogen-bond donors (Lipinski definition) is 1. The molecule has 0 saturated heterocycles. The molecule has 1 amide bonds. The van der Waals surface area contributed by atoms with Crippen molar-refractivity contribution in [2.75, 3.05) is 5.32 Å². The summed E-state index contributed by atoms with van der Waals surface area (Å²) in [5, 5.41) is 3.25. The lowest BCUT2D eigenvalue weighted by Gasteiger charge is -2.17. The number of ether oxygens (including phenoxy) is 1. The first-order valence-corrected chi connectivity index (χ1v) is 7.70. The molecule has 0 atom stereocenters. The molecule has 6 heteroatoms. The molecule has 1 aromatic carbocycles. The van der Waals surface area contributed by atoms with Crippen molar-refractivity contribution in [2.45, 2.75) is 31.6 Å². The highest BCUT2D eigenvalue weighted by Gasteiger charge is 2.27. The molecular formula is C16H14ClN3O2. The first kappa shape index (κ1) is 13.5. The molecule has 2 heterocycles. The number of fused-ring (bicyclic) bond motifs is 1. The standard InChI is InChI=1S/C16H14ClN3O2/c17-13-8-15(20-16(19-13)9-1-2-9)22-11-4-5-12-10(7-11)3-6-14(21)18-12/h4-5,7-9H,1-3,6H2,(H,18,21). The number of carbonyl (C=O) groups excluding carboxylic acids is 1. The van der Waals surface area contributed by atoms with Gasteiger partial charge in [-0.2, -0.15) is 4.98 Å². The third-order valence-electron chi connectivity index (χ3n) is 3.83. The summed E-state index contributed by atoms with van der Waals surface area (Å²) in [6.45, 7) is 0. The zero-order chi connectivity index (χ0) is 15.1. The second-order valence-electron chi connectivity index (χ2n) is 5.63. The number of amides is 1. The van der Waals surface area contributed by atoms with Crippen molar-refractivity contribution >= 4 is 23.2 Å². The Kier molecular flexibility index (Phi) is 3.22. The van der Waals surface area contributed by atoms with Crippen molar-refractivity contribution in [3.8, 4) is 11.6 Å². The minimum absolute atomic E-state index is 0.0535. The third-order valence-corrected chi connectivity index (χ3v) is 4.02. The summed E-state index contributed by atoms with van der Waals surface area (Å²) in [6, 6.07) is 7.22. The number of aryl methyl sites for hydroxylation is 1. The van der Waals surface area contributed by atoms with E-state index in [1.165, 1.54) is 0 Å². The lowest BCUT2D eigenvalue weighted by Crippen LogP contribution is -2.18. The summed E-state index contributed by atoms with van der Waals surface area (Å²) >= 11 is 6.04. The Labute approximate surface area is 132 Å². The largest absolute Gasteiger partial charge is 0.439 e. The van der Waals surface area contributed by atoms with E-state index < -0.39 is 0 Å². The summed E-state index contributed by atoms with van der Waals surface area (Å²) in [6.07, 6.45) is 3.44. The van der Waals surface area contributed by atoms with Crippen LogP contribution < -0.4 is 10.1 Å². The molecule has 5 nitrogen and oxygen atoms in total. The lowest BCUT2D eigenvalue weighted by molar-refractivity contribution is -0.116. The molecule has 1 saturated carbocycles.